The van der Waals surface area contributed by atoms with Gasteiger partial charge in [-0.15, -0.1) is 0 Å². The summed E-state index contributed by atoms with van der Waals surface area (Å²) in [7, 11) is 1.63. The third-order valence-electron chi connectivity index (χ3n) is 7.41. The van der Waals surface area contributed by atoms with Gasteiger partial charge < -0.3 is 25.0 Å². The molecule has 2 heterocycles. The van der Waals surface area contributed by atoms with Crippen LogP contribution in [0.2, 0.25) is 0 Å². The van der Waals surface area contributed by atoms with Crippen LogP contribution >= 0.6 is 0 Å². The summed E-state index contributed by atoms with van der Waals surface area (Å²) in [6.07, 6.45) is 0.0514. The van der Waals surface area contributed by atoms with Crippen LogP contribution in [-0.4, -0.2) is 83.4 Å². The second-order valence-electron chi connectivity index (χ2n) is 12.5. The van der Waals surface area contributed by atoms with Crippen molar-refractivity contribution in [3.63, 3.8) is 0 Å². The maximum Gasteiger partial charge on any atom is 0.408 e. The monoisotopic (exact) mass is 591 g/mol. The number of piperidine rings is 1. The molecule has 0 bridgehead atoms. The average molecular weight is 592 g/mol. The lowest BCUT2D eigenvalue weighted by Gasteiger charge is -2.41. The Balaban J connectivity index is 1.56. The summed E-state index contributed by atoms with van der Waals surface area (Å²) >= 11 is 0. The number of ether oxygens (including phenoxy) is 2. The zero-order valence-corrected chi connectivity index (χ0v) is 25.7. The third kappa shape index (κ3) is 7.52. The number of amides is 4. The van der Waals surface area contributed by atoms with Crippen molar-refractivity contribution >= 4 is 29.5 Å². The van der Waals surface area contributed by atoms with E-state index >= 15 is 0 Å². The van der Waals surface area contributed by atoms with Crippen LogP contribution < -0.4 is 15.4 Å². The molecule has 0 spiro atoms. The Kier molecular flexibility index (Phi) is 9.12. The molecule has 4 rings (SSSR count). The number of carbonyl (C=O) groups is 4. The summed E-state index contributed by atoms with van der Waals surface area (Å²) in [5, 5.41) is 11.2. The molecule has 0 aliphatic carbocycles. The van der Waals surface area contributed by atoms with Gasteiger partial charge in [-0.25, -0.2) is 9.80 Å². The molecule has 1 saturated heterocycles. The summed E-state index contributed by atoms with van der Waals surface area (Å²) < 4.78 is 11.2. The molecule has 2 aromatic carbocycles. The Morgan fingerprint density at radius 3 is 2.26 bits per heavy atom. The Bertz CT molecular complexity index is 1370. The highest BCUT2D eigenvalue weighted by Crippen LogP contribution is 2.38. The van der Waals surface area contributed by atoms with Gasteiger partial charge in [0.25, 0.3) is 5.91 Å². The molecular weight excluding hydrogens is 550 g/mol. The van der Waals surface area contributed by atoms with E-state index in [1.807, 2.05) is 36.4 Å². The fourth-order valence-corrected chi connectivity index (χ4v) is 5.26. The van der Waals surface area contributed by atoms with Gasteiger partial charge in [0.15, 0.2) is 0 Å². The number of rotatable bonds is 9. The second-order valence-corrected chi connectivity index (χ2v) is 12.5. The molecule has 2 aromatic rings. The Hall–Kier alpha value is -4.41. The van der Waals surface area contributed by atoms with Crippen molar-refractivity contribution in [3.8, 4) is 5.75 Å². The summed E-state index contributed by atoms with van der Waals surface area (Å²) in [6.45, 7) is 8.50. The van der Waals surface area contributed by atoms with Crippen LogP contribution in [0.4, 0.5) is 4.79 Å². The largest absolute Gasteiger partial charge is 0.491 e. The number of carbonyl (C=O) groups excluding carboxylic acids is 4. The lowest BCUT2D eigenvalue weighted by Crippen LogP contribution is -2.63. The van der Waals surface area contributed by atoms with E-state index in [9.17, 15) is 19.2 Å². The fourth-order valence-electron chi connectivity index (χ4n) is 5.26. The molecule has 0 unspecified atom stereocenters. The molecule has 43 heavy (non-hydrogen) atoms. The van der Waals surface area contributed by atoms with E-state index in [0.717, 1.165) is 11.3 Å². The van der Waals surface area contributed by atoms with Crippen LogP contribution in [0.15, 0.2) is 65.8 Å². The van der Waals surface area contributed by atoms with Crippen molar-refractivity contribution in [2.45, 2.75) is 64.6 Å². The van der Waals surface area contributed by atoms with Crippen molar-refractivity contribution in [1.29, 1.82) is 0 Å². The van der Waals surface area contributed by atoms with Crippen LogP contribution in [0, 0.1) is 5.41 Å². The standard InChI is InChI=1S/C32H41N5O6/c1-30(2,3)43-29(41)34-31(4,5)27(39)33-24(20-42-23-15-11-8-12-16-23)26(38)37-18-17-25-32(21-37,28(40)36(6)35-25)19-22-13-9-7-10-14-22/h7-16,24H,17-21H2,1-6H3,(H,33,39)(H,34,41)/t24-,32-/m1/s1. The Morgan fingerprint density at radius 1 is 1.00 bits per heavy atom. The van der Waals surface area contributed by atoms with Crippen molar-refractivity contribution < 1.29 is 28.7 Å². The predicted octanol–water partition coefficient (Wildman–Crippen LogP) is 3.14. The number of hydrazone groups is 1. The van der Waals surface area contributed by atoms with Crippen LogP contribution in [0.25, 0.3) is 0 Å². The van der Waals surface area contributed by atoms with E-state index in [1.54, 1.807) is 57.0 Å². The molecule has 0 aromatic heterocycles. The van der Waals surface area contributed by atoms with Crippen molar-refractivity contribution in [2.75, 3.05) is 26.7 Å². The molecule has 4 amide bonds. The lowest BCUT2D eigenvalue weighted by atomic mass is 9.73. The van der Waals surface area contributed by atoms with Gasteiger partial charge in [-0.1, -0.05) is 48.5 Å². The highest BCUT2D eigenvalue weighted by atomic mass is 16.6. The molecule has 1 fully saturated rings. The van der Waals surface area contributed by atoms with E-state index in [0.29, 0.717) is 25.1 Å². The van der Waals surface area contributed by atoms with Gasteiger partial charge in [-0.05, 0) is 58.7 Å². The summed E-state index contributed by atoms with van der Waals surface area (Å²) in [4.78, 5) is 55.2. The van der Waals surface area contributed by atoms with Gasteiger partial charge in [0.2, 0.25) is 11.8 Å². The number of hydrogen-bond donors (Lipinski definition) is 2. The fraction of sp³-hybridized carbons (Fsp3) is 0.469. The maximum absolute atomic E-state index is 14.1. The van der Waals surface area contributed by atoms with Crippen molar-refractivity contribution in [3.05, 3.63) is 66.2 Å². The van der Waals surface area contributed by atoms with Crippen LogP contribution in [-0.2, 0) is 25.5 Å². The zero-order valence-electron chi connectivity index (χ0n) is 25.7. The summed E-state index contributed by atoms with van der Waals surface area (Å²) in [5.74, 6) is -0.635. The number of benzene rings is 2. The number of nitrogens with zero attached hydrogens (tertiary/aromatic N) is 3. The Morgan fingerprint density at radius 2 is 1.63 bits per heavy atom. The van der Waals surface area contributed by atoms with E-state index in [1.165, 1.54) is 18.9 Å². The minimum Gasteiger partial charge on any atom is -0.491 e. The summed E-state index contributed by atoms with van der Waals surface area (Å²) in [5.41, 5.74) is -1.46. The van der Waals surface area contributed by atoms with Gasteiger partial charge in [0, 0.05) is 26.6 Å². The lowest BCUT2D eigenvalue weighted by molar-refractivity contribution is -0.143. The first-order chi connectivity index (χ1) is 20.2. The normalized spacial score (nSPS) is 19.2. The van der Waals surface area contributed by atoms with Crippen LogP contribution in [0.3, 0.4) is 0 Å². The number of likely N-dealkylation sites (tertiary alicyclic amines) is 1. The number of nitrogens with one attached hydrogen (secondary N) is 2. The molecule has 0 saturated carbocycles. The second kappa shape index (κ2) is 12.4. The first-order valence-corrected chi connectivity index (χ1v) is 14.4. The molecule has 0 radical (unpaired) electrons. The topological polar surface area (TPSA) is 130 Å². The van der Waals surface area contributed by atoms with Gasteiger partial charge in [-0.2, -0.15) is 5.10 Å². The van der Waals surface area contributed by atoms with E-state index in [2.05, 4.69) is 15.7 Å². The maximum atomic E-state index is 14.1. The van der Waals surface area contributed by atoms with E-state index in [4.69, 9.17) is 9.47 Å². The van der Waals surface area contributed by atoms with E-state index < -0.39 is 40.5 Å². The predicted molar refractivity (Wildman–Crippen MR) is 161 cm³/mol. The minimum atomic E-state index is -1.41. The first kappa shape index (κ1) is 31.5. The number of para-hydroxylation sites is 1. The zero-order chi connectivity index (χ0) is 31.4. The minimum absolute atomic E-state index is 0.111. The highest BCUT2D eigenvalue weighted by Gasteiger charge is 2.54. The quantitative estimate of drug-likeness (QED) is 0.461. The van der Waals surface area contributed by atoms with Crippen molar-refractivity contribution in [2.24, 2.45) is 10.5 Å². The molecule has 230 valence electrons. The highest BCUT2D eigenvalue weighted by molar-refractivity contribution is 6.13. The Labute approximate surface area is 252 Å². The SMILES string of the molecule is CN1N=C2CCN(C(=O)[C@@H](COc3ccccc3)NC(=O)C(C)(C)NC(=O)OC(C)(C)C)C[C@@]2(Cc2ccccc2)C1=O. The molecule has 2 aliphatic heterocycles. The van der Waals surface area contributed by atoms with Gasteiger partial charge in [-0.3, -0.25) is 14.4 Å². The van der Waals surface area contributed by atoms with Crippen LogP contribution in [0.1, 0.15) is 46.6 Å². The third-order valence-corrected chi connectivity index (χ3v) is 7.41. The number of fused-ring (bicyclic) bond motifs is 1. The van der Waals surface area contributed by atoms with Gasteiger partial charge >= 0.3 is 6.09 Å². The molecule has 2 atom stereocenters. The van der Waals surface area contributed by atoms with E-state index in [-0.39, 0.29) is 19.1 Å². The summed E-state index contributed by atoms with van der Waals surface area (Å²) in [6, 6.07) is 17.5. The molecule has 11 heteroatoms. The molecule has 2 aliphatic rings. The molecular formula is C32H41N5O6. The van der Waals surface area contributed by atoms with Crippen LogP contribution in [0.5, 0.6) is 5.75 Å². The smallest absolute Gasteiger partial charge is 0.408 e. The first-order valence-electron chi connectivity index (χ1n) is 14.4. The average Bonchev–Trinajstić information content (AvgIpc) is 3.18. The van der Waals surface area contributed by atoms with Crippen molar-refractivity contribution in [1.82, 2.24) is 20.5 Å². The van der Waals surface area contributed by atoms with Gasteiger partial charge in [0.1, 0.15) is 35.0 Å². The van der Waals surface area contributed by atoms with Gasteiger partial charge in [0.05, 0.1) is 5.71 Å². The number of alkyl carbamates (subject to hydrolysis) is 1. The molecule has 11 nitrogen and oxygen atoms in total. The number of hydrogen-bond acceptors (Lipinski definition) is 7. The molecule has 2 N–H and O–H groups in total.